The minimum absolute atomic E-state index is 0.00757. The van der Waals surface area contributed by atoms with Gasteiger partial charge in [-0.25, -0.2) is 9.78 Å². The number of H-pyrrole nitrogens is 1. The molecule has 3 aromatic heterocycles. The van der Waals surface area contributed by atoms with E-state index in [0.29, 0.717) is 54.1 Å². The molecule has 9 heteroatoms. The number of hydrogen-bond acceptors (Lipinski definition) is 7. The van der Waals surface area contributed by atoms with E-state index in [4.69, 9.17) is 9.47 Å². The van der Waals surface area contributed by atoms with Gasteiger partial charge in [-0.15, -0.1) is 11.3 Å². The third-order valence-corrected chi connectivity index (χ3v) is 7.23. The van der Waals surface area contributed by atoms with E-state index < -0.39 is 11.2 Å². The zero-order valence-corrected chi connectivity index (χ0v) is 18.3. The SMILES string of the molecule is O=C1CC(c2cccs2)Cc2c1cnc1c2c(=O)[nH]c(=O)n1Cc1ccc2c(c1)OCCO2. The Labute approximate surface area is 191 Å². The number of Topliss-reactive ketones (excluding diaryl/α,β-unsaturated/α-hetero) is 1. The van der Waals surface area contributed by atoms with Crippen molar-refractivity contribution in [1.82, 2.24) is 14.5 Å². The molecule has 0 bridgehead atoms. The number of ketones is 1. The van der Waals surface area contributed by atoms with Crippen LogP contribution in [0.3, 0.4) is 0 Å². The maximum Gasteiger partial charge on any atom is 0.330 e. The van der Waals surface area contributed by atoms with Crippen LogP contribution in [0.1, 0.15) is 38.7 Å². The molecule has 8 nitrogen and oxygen atoms in total. The molecular formula is C24H19N3O5S. The third-order valence-electron chi connectivity index (χ3n) is 6.19. The number of carbonyl (C=O) groups excluding carboxylic acids is 1. The van der Waals surface area contributed by atoms with Crippen LogP contribution in [0.25, 0.3) is 11.0 Å². The number of aromatic amines is 1. The molecule has 33 heavy (non-hydrogen) atoms. The van der Waals surface area contributed by atoms with Gasteiger partial charge in [0.05, 0.1) is 11.9 Å². The van der Waals surface area contributed by atoms with Gasteiger partial charge >= 0.3 is 5.69 Å². The maximum absolute atomic E-state index is 12.9. The largest absolute Gasteiger partial charge is 0.486 e. The fraction of sp³-hybridized carbons (Fsp3) is 0.250. The number of pyridine rings is 1. The summed E-state index contributed by atoms with van der Waals surface area (Å²) < 4.78 is 12.6. The quantitative estimate of drug-likeness (QED) is 0.503. The Morgan fingerprint density at radius 1 is 1.09 bits per heavy atom. The van der Waals surface area contributed by atoms with Gasteiger partial charge in [-0.05, 0) is 41.1 Å². The van der Waals surface area contributed by atoms with Gasteiger partial charge in [0.15, 0.2) is 17.3 Å². The Morgan fingerprint density at radius 3 is 2.76 bits per heavy atom. The first kappa shape index (κ1) is 19.9. The maximum atomic E-state index is 12.9. The molecule has 1 aromatic carbocycles. The fourth-order valence-corrected chi connectivity index (χ4v) is 5.48. The number of nitrogens with one attached hydrogen (secondary N) is 1. The van der Waals surface area contributed by atoms with Gasteiger partial charge in [-0.2, -0.15) is 0 Å². The second-order valence-corrected chi connectivity index (χ2v) is 9.20. The molecule has 4 heterocycles. The van der Waals surface area contributed by atoms with Crippen molar-refractivity contribution in [3.63, 3.8) is 0 Å². The van der Waals surface area contributed by atoms with E-state index in [-0.39, 0.29) is 23.9 Å². The van der Waals surface area contributed by atoms with E-state index >= 15 is 0 Å². The van der Waals surface area contributed by atoms with Crippen molar-refractivity contribution in [3.05, 3.63) is 84.3 Å². The van der Waals surface area contributed by atoms with E-state index in [0.717, 1.165) is 10.4 Å². The Balaban J connectivity index is 1.48. The summed E-state index contributed by atoms with van der Waals surface area (Å²) >= 11 is 1.60. The highest BCUT2D eigenvalue weighted by Gasteiger charge is 2.30. The summed E-state index contributed by atoms with van der Waals surface area (Å²) in [6.07, 6.45) is 2.44. The molecule has 0 fully saturated rings. The van der Waals surface area contributed by atoms with Crippen LogP contribution in [0.5, 0.6) is 11.5 Å². The molecule has 1 atom stereocenters. The van der Waals surface area contributed by atoms with Crippen molar-refractivity contribution >= 4 is 28.2 Å². The van der Waals surface area contributed by atoms with Gasteiger partial charge in [0.1, 0.15) is 18.9 Å². The number of rotatable bonds is 3. The molecule has 0 radical (unpaired) electrons. The van der Waals surface area contributed by atoms with Gasteiger partial charge in [0.25, 0.3) is 5.56 Å². The number of nitrogens with zero attached hydrogens (tertiary/aromatic N) is 2. The molecule has 1 aliphatic heterocycles. The second kappa shape index (κ2) is 7.70. The first-order valence-electron chi connectivity index (χ1n) is 10.7. The molecule has 1 unspecified atom stereocenters. The van der Waals surface area contributed by atoms with Gasteiger partial charge in [0, 0.05) is 29.0 Å². The van der Waals surface area contributed by atoms with E-state index in [1.165, 1.54) is 10.8 Å². The minimum Gasteiger partial charge on any atom is -0.486 e. The van der Waals surface area contributed by atoms with Crippen LogP contribution in [0, 0.1) is 0 Å². The molecule has 0 amide bonds. The van der Waals surface area contributed by atoms with Crippen LogP contribution in [-0.2, 0) is 13.0 Å². The molecular weight excluding hydrogens is 442 g/mol. The van der Waals surface area contributed by atoms with Crippen LogP contribution in [0.15, 0.2) is 51.5 Å². The van der Waals surface area contributed by atoms with Crippen molar-refractivity contribution < 1.29 is 14.3 Å². The van der Waals surface area contributed by atoms with Crippen LogP contribution < -0.4 is 20.7 Å². The second-order valence-electron chi connectivity index (χ2n) is 8.22. The van der Waals surface area contributed by atoms with Gasteiger partial charge < -0.3 is 9.47 Å². The molecule has 0 saturated carbocycles. The Hall–Kier alpha value is -3.72. The molecule has 2 aliphatic rings. The van der Waals surface area contributed by atoms with E-state index in [1.54, 1.807) is 11.3 Å². The van der Waals surface area contributed by atoms with E-state index in [2.05, 4.69) is 9.97 Å². The van der Waals surface area contributed by atoms with Crippen molar-refractivity contribution in [3.8, 4) is 11.5 Å². The normalized spacial score (nSPS) is 17.2. The number of thiophene rings is 1. The standard InChI is InChI=1S/C24H19N3O5S/c28-17-10-14(20-2-1-7-33-20)9-15-16(17)11-25-22-21(15)23(29)26-24(30)27(22)12-13-3-4-18-19(8-13)32-6-5-31-18/h1-4,7-8,11,14H,5-6,9-10,12H2,(H,26,29,30). The number of fused-ring (bicyclic) bond motifs is 4. The van der Waals surface area contributed by atoms with E-state index in [9.17, 15) is 14.4 Å². The van der Waals surface area contributed by atoms with Crippen molar-refractivity contribution in [2.24, 2.45) is 0 Å². The Morgan fingerprint density at radius 2 is 1.94 bits per heavy atom. The summed E-state index contributed by atoms with van der Waals surface area (Å²) in [5, 5.41) is 2.29. The highest BCUT2D eigenvalue weighted by molar-refractivity contribution is 7.10. The van der Waals surface area contributed by atoms with E-state index in [1.807, 2.05) is 35.7 Å². The first-order valence-corrected chi connectivity index (χ1v) is 11.6. The highest BCUT2D eigenvalue weighted by atomic mass is 32.1. The number of hydrogen-bond donors (Lipinski definition) is 1. The summed E-state index contributed by atoms with van der Waals surface area (Å²) in [5.74, 6) is 1.26. The van der Waals surface area contributed by atoms with Gasteiger partial charge in [-0.3, -0.25) is 19.1 Å². The molecule has 0 saturated heterocycles. The molecule has 1 N–H and O–H groups in total. The Kier molecular flexibility index (Phi) is 4.65. The first-order chi connectivity index (χ1) is 16.1. The zero-order chi connectivity index (χ0) is 22.5. The lowest BCUT2D eigenvalue weighted by molar-refractivity contribution is 0.0964. The van der Waals surface area contributed by atoms with Crippen LogP contribution in [-0.4, -0.2) is 33.5 Å². The van der Waals surface area contributed by atoms with Gasteiger partial charge in [-0.1, -0.05) is 12.1 Å². The topological polar surface area (TPSA) is 103 Å². The predicted octanol–water partition coefficient (Wildman–Crippen LogP) is 2.88. The van der Waals surface area contributed by atoms with Crippen molar-refractivity contribution in [2.75, 3.05) is 13.2 Å². The summed E-state index contributed by atoms with van der Waals surface area (Å²) in [5.41, 5.74) is 1.14. The van der Waals surface area contributed by atoms with Crippen LogP contribution in [0.4, 0.5) is 0 Å². The minimum atomic E-state index is -0.549. The molecule has 4 aromatic rings. The number of aromatic nitrogens is 3. The Bertz CT molecular complexity index is 1520. The highest BCUT2D eigenvalue weighted by Crippen LogP contribution is 2.36. The molecule has 6 rings (SSSR count). The summed E-state index contributed by atoms with van der Waals surface area (Å²) in [7, 11) is 0. The van der Waals surface area contributed by atoms with Crippen LogP contribution >= 0.6 is 11.3 Å². The monoisotopic (exact) mass is 461 g/mol. The summed E-state index contributed by atoms with van der Waals surface area (Å²) in [6.45, 7) is 1.15. The van der Waals surface area contributed by atoms with Crippen molar-refractivity contribution in [2.45, 2.75) is 25.3 Å². The smallest absolute Gasteiger partial charge is 0.330 e. The average molecular weight is 461 g/mol. The molecule has 166 valence electrons. The summed E-state index contributed by atoms with van der Waals surface area (Å²) in [6, 6.07) is 9.46. The lowest BCUT2D eigenvalue weighted by Gasteiger charge is -2.24. The third kappa shape index (κ3) is 3.36. The van der Waals surface area contributed by atoms with Crippen LogP contribution in [0.2, 0.25) is 0 Å². The number of ether oxygens (including phenoxy) is 2. The average Bonchev–Trinajstić information content (AvgIpc) is 3.36. The lowest BCUT2D eigenvalue weighted by Crippen LogP contribution is -2.33. The zero-order valence-electron chi connectivity index (χ0n) is 17.5. The van der Waals surface area contributed by atoms with Gasteiger partial charge in [0.2, 0.25) is 0 Å². The lowest BCUT2D eigenvalue weighted by atomic mass is 9.82. The molecule has 0 spiro atoms. The summed E-state index contributed by atoms with van der Waals surface area (Å²) in [4.78, 5) is 46.5. The molecule has 1 aliphatic carbocycles. The van der Waals surface area contributed by atoms with Crippen molar-refractivity contribution in [1.29, 1.82) is 0 Å². The number of carbonyl (C=O) groups is 1. The predicted molar refractivity (Wildman–Crippen MR) is 123 cm³/mol. The number of benzene rings is 1. The fourth-order valence-electron chi connectivity index (χ4n) is 4.65.